The molecule has 0 N–H and O–H groups in total. The molecule has 2 atom stereocenters. The summed E-state index contributed by atoms with van der Waals surface area (Å²) in [7, 11) is 0. The molecule has 0 heterocycles. The molecular formula is C37H45Li2-. The van der Waals surface area contributed by atoms with Gasteiger partial charge in [-0.1, -0.05) is 131 Å². The Bertz CT molecular complexity index is 1220. The fourth-order valence-corrected chi connectivity index (χ4v) is 5.09. The predicted molar refractivity (Wildman–Crippen MR) is 167 cm³/mol. The SMILES string of the molecule is CC1(C)C=Cc2ccccc21.CC1=CC(C)c2ccccc21.[CH2-]C1C=C(C)c2ccccc21.[CH2-]CCC.[H-].[Li+].[Li+]. The van der Waals surface area contributed by atoms with Crippen molar-refractivity contribution in [2.75, 3.05) is 0 Å². The monoisotopic (exact) mass is 503 g/mol. The van der Waals surface area contributed by atoms with Gasteiger partial charge >= 0.3 is 37.7 Å². The van der Waals surface area contributed by atoms with Crippen LogP contribution < -0.4 is 37.7 Å². The number of unbranched alkanes of at least 4 members (excludes halogenated alkanes) is 1. The molecule has 0 radical (unpaired) electrons. The molecule has 0 aromatic heterocycles. The summed E-state index contributed by atoms with van der Waals surface area (Å²) in [5.41, 5.74) is 11.5. The number of rotatable bonds is 1. The Morgan fingerprint density at radius 1 is 0.769 bits per heavy atom. The van der Waals surface area contributed by atoms with Gasteiger partial charge in [0.2, 0.25) is 0 Å². The summed E-state index contributed by atoms with van der Waals surface area (Å²) < 4.78 is 0. The number of allylic oxidation sites excluding steroid dienone is 5. The second-order valence-corrected chi connectivity index (χ2v) is 10.8. The molecule has 3 aliphatic rings. The minimum atomic E-state index is 0. The van der Waals surface area contributed by atoms with E-state index < -0.39 is 0 Å². The van der Waals surface area contributed by atoms with E-state index in [1.165, 1.54) is 50.9 Å². The van der Waals surface area contributed by atoms with Crippen molar-refractivity contribution in [1.82, 2.24) is 0 Å². The fourth-order valence-electron chi connectivity index (χ4n) is 5.09. The van der Waals surface area contributed by atoms with Gasteiger partial charge in [-0.2, -0.15) is 6.42 Å². The van der Waals surface area contributed by atoms with Crippen LogP contribution in [0, 0.1) is 13.8 Å². The van der Waals surface area contributed by atoms with Gasteiger partial charge in [0.05, 0.1) is 0 Å². The summed E-state index contributed by atoms with van der Waals surface area (Å²) in [4.78, 5) is 0. The zero-order valence-electron chi connectivity index (χ0n) is 26.7. The molecule has 3 aromatic rings. The first-order valence-electron chi connectivity index (χ1n) is 13.7. The van der Waals surface area contributed by atoms with E-state index in [0.29, 0.717) is 11.8 Å². The number of hydrogen-bond acceptors (Lipinski definition) is 0. The molecule has 0 fully saturated rings. The number of fused-ring (bicyclic) bond motifs is 3. The Labute approximate surface area is 264 Å². The van der Waals surface area contributed by atoms with Crippen molar-refractivity contribution < 1.29 is 39.1 Å². The summed E-state index contributed by atoms with van der Waals surface area (Å²) in [5, 5.41) is 0. The maximum absolute atomic E-state index is 4.05. The molecule has 39 heavy (non-hydrogen) atoms. The minimum Gasteiger partial charge on any atom is -1.00 e. The van der Waals surface area contributed by atoms with Crippen LogP contribution in [0.5, 0.6) is 0 Å². The van der Waals surface area contributed by atoms with Gasteiger partial charge in [0.1, 0.15) is 0 Å². The average molecular weight is 504 g/mol. The molecule has 0 spiro atoms. The van der Waals surface area contributed by atoms with Gasteiger partial charge in [-0.15, -0.1) is 12.0 Å². The van der Waals surface area contributed by atoms with Crippen LogP contribution >= 0.6 is 0 Å². The van der Waals surface area contributed by atoms with Gasteiger partial charge in [-0.25, -0.2) is 0 Å². The van der Waals surface area contributed by atoms with Crippen LogP contribution in [-0.4, -0.2) is 0 Å². The molecule has 0 amide bonds. The Kier molecular flexibility index (Phi) is 14.7. The minimum absolute atomic E-state index is 0. The third-order valence-electron chi connectivity index (χ3n) is 7.30. The quantitative estimate of drug-likeness (QED) is 0.325. The van der Waals surface area contributed by atoms with E-state index in [-0.39, 0.29) is 44.6 Å². The first-order chi connectivity index (χ1) is 17.7. The Hall–Kier alpha value is -1.93. The Morgan fingerprint density at radius 2 is 1.26 bits per heavy atom. The second kappa shape index (κ2) is 16.4. The average Bonchev–Trinajstić information content (AvgIpc) is 3.50. The maximum atomic E-state index is 4.05. The Morgan fingerprint density at radius 3 is 1.79 bits per heavy atom. The summed E-state index contributed by atoms with van der Waals surface area (Å²) in [6.07, 6.45) is 11.3. The van der Waals surface area contributed by atoms with Crippen molar-refractivity contribution >= 4 is 17.2 Å². The van der Waals surface area contributed by atoms with Gasteiger partial charge in [0.25, 0.3) is 0 Å². The first kappa shape index (κ1) is 35.1. The van der Waals surface area contributed by atoms with Gasteiger partial charge in [-0.05, 0) is 52.8 Å². The van der Waals surface area contributed by atoms with Crippen LogP contribution in [0.25, 0.3) is 17.2 Å². The maximum Gasteiger partial charge on any atom is 1.00 e. The summed E-state index contributed by atoms with van der Waals surface area (Å²) in [6.45, 7) is 20.8. The van der Waals surface area contributed by atoms with Crippen LogP contribution in [0.2, 0.25) is 0 Å². The zero-order chi connectivity index (χ0) is 27.0. The van der Waals surface area contributed by atoms with Gasteiger partial charge in [-0.3, -0.25) is 0 Å². The van der Waals surface area contributed by atoms with E-state index in [9.17, 15) is 0 Å². The smallest absolute Gasteiger partial charge is 1.00 e. The first-order valence-corrected chi connectivity index (χ1v) is 13.7. The zero-order valence-corrected chi connectivity index (χ0v) is 25.7. The van der Waals surface area contributed by atoms with E-state index in [1.807, 2.05) is 0 Å². The third kappa shape index (κ3) is 9.04. The molecule has 0 saturated heterocycles. The second-order valence-electron chi connectivity index (χ2n) is 10.8. The molecule has 3 aliphatic carbocycles. The summed E-state index contributed by atoms with van der Waals surface area (Å²) >= 11 is 0. The normalized spacial score (nSPS) is 17.9. The molecule has 2 heteroatoms. The van der Waals surface area contributed by atoms with Crippen LogP contribution in [0.4, 0.5) is 0 Å². The van der Waals surface area contributed by atoms with Crippen molar-refractivity contribution in [1.29, 1.82) is 0 Å². The van der Waals surface area contributed by atoms with Crippen LogP contribution in [-0.2, 0) is 5.41 Å². The standard InChI is InChI=1S/2C11H12.C11H11.C4H9.2Li.H/c1-11(2)8-7-9-5-3-4-6-10(9)11;2*1-8-7-9(2)11-6-4-3-5-10(8)11;1-3-4-2;;;/h2*3-8H,1-2H3;3-8H,1H2,2H3;1,3-4H2,2H3;;;/q;;2*-1;2*+1;-1. The fraction of sp³-hybridized carbons (Fsp3) is 0.297. The Balaban J connectivity index is 0.000000517. The molecule has 6 rings (SSSR count). The molecule has 2 unspecified atom stereocenters. The molecular weight excluding hydrogens is 458 g/mol. The topological polar surface area (TPSA) is 0 Å². The summed E-state index contributed by atoms with van der Waals surface area (Å²) in [5.74, 6) is 0.984. The van der Waals surface area contributed by atoms with Gasteiger partial charge in [0.15, 0.2) is 0 Å². The van der Waals surface area contributed by atoms with E-state index in [1.54, 1.807) is 0 Å². The van der Waals surface area contributed by atoms with E-state index >= 15 is 0 Å². The number of benzene rings is 3. The molecule has 0 bridgehead atoms. The molecule has 3 aromatic carbocycles. The predicted octanol–water partition coefficient (Wildman–Crippen LogP) is 4.96. The molecule has 0 nitrogen and oxygen atoms in total. The molecule has 0 aliphatic heterocycles. The van der Waals surface area contributed by atoms with E-state index in [0.717, 1.165) is 6.42 Å². The van der Waals surface area contributed by atoms with E-state index in [4.69, 9.17) is 0 Å². The molecule has 0 saturated carbocycles. The van der Waals surface area contributed by atoms with Gasteiger partial charge < -0.3 is 15.3 Å². The van der Waals surface area contributed by atoms with Crippen molar-refractivity contribution in [2.45, 2.75) is 71.6 Å². The van der Waals surface area contributed by atoms with Crippen LogP contribution in [0.1, 0.15) is 101 Å². The number of hydrogen-bond donors (Lipinski definition) is 0. The van der Waals surface area contributed by atoms with Crippen LogP contribution in [0.3, 0.4) is 0 Å². The van der Waals surface area contributed by atoms with E-state index in [2.05, 4.69) is 152 Å². The largest absolute Gasteiger partial charge is 1.00 e. The van der Waals surface area contributed by atoms with Gasteiger partial charge in [0, 0.05) is 11.3 Å². The van der Waals surface area contributed by atoms with Crippen molar-refractivity contribution in [3.05, 3.63) is 138 Å². The molecule has 196 valence electrons. The third-order valence-corrected chi connectivity index (χ3v) is 7.30. The van der Waals surface area contributed by atoms with Crippen LogP contribution in [0.15, 0.2) is 91.0 Å². The van der Waals surface area contributed by atoms with Crippen molar-refractivity contribution in [2.24, 2.45) is 0 Å². The van der Waals surface area contributed by atoms with Crippen molar-refractivity contribution in [3.8, 4) is 0 Å². The van der Waals surface area contributed by atoms with Crippen molar-refractivity contribution in [3.63, 3.8) is 0 Å². The summed E-state index contributed by atoms with van der Waals surface area (Å²) in [6, 6.07) is 25.7.